The minimum absolute atomic E-state index is 0.0866. The van der Waals surface area contributed by atoms with Crippen molar-refractivity contribution in [3.8, 4) is 5.88 Å². The summed E-state index contributed by atoms with van der Waals surface area (Å²) in [6, 6.07) is 9.08. The predicted octanol–water partition coefficient (Wildman–Crippen LogP) is 1.88. The number of hydrogen-bond donors (Lipinski definition) is 0. The van der Waals surface area contributed by atoms with Crippen molar-refractivity contribution in [2.75, 3.05) is 13.2 Å². The predicted molar refractivity (Wildman–Crippen MR) is 127 cm³/mol. The lowest BCUT2D eigenvalue weighted by Crippen LogP contribution is -2.40. The number of carbonyl (C=O) groups is 3. The molecule has 0 fully saturated rings. The number of rotatable bonds is 11. The molecule has 0 N–H and O–H groups in total. The molecule has 1 heterocycles. The molecule has 2 rings (SSSR count). The quantitative estimate of drug-likeness (QED) is 0.347. The molecule has 0 aliphatic rings. The van der Waals surface area contributed by atoms with Crippen LogP contribution in [0.5, 0.6) is 5.88 Å². The van der Waals surface area contributed by atoms with E-state index in [1.54, 1.807) is 13.8 Å². The van der Waals surface area contributed by atoms with Gasteiger partial charge in [-0.3, -0.25) is 28.3 Å². The first-order chi connectivity index (χ1) is 16.5. The Morgan fingerprint density at radius 1 is 0.886 bits per heavy atom. The minimum atomic E-state index is -0.796. The van der Waals surface area contributed by atoms with Crippen molar-refractivity contribution >= 4 is 17.9 Å². The van der Waals surface area contributed by atoms with Crippen LogP contribution in [0.25, 0.3) is 0 Å². The van der Waals surface area contributed by atoms with Gasteiger partial charge in [0.15, 0.2) is 0 Å². The molecule has 190 valence electrons. The molecule has 0 bridgehead atoms. The van der Waals surface area contributed by atoms with Crippen molar-refractivity contribution in [1.82, 2.24) is 9.13 Å². The van der Waals surface area contributed by atoms with Crippen LogP contribution in [0.2, 0.25) is 0 Å². The van der Waals surface area contributed by atoms with Crippen molar-refractivity contribution in [2.24, 2.45) is 19.5 Å². The number of benzene rings is 1. The smallest absolute Gasteiger partial charge is 0.333 e. The summed E-state index contributed by atoms with van der Waals surface area (Å²) in [7, 11) is 2.75. The monoisotopic (exact) mass is 488 g/mol. The molecule has 0 atom stereocenters. The van der Waals surface area contributed by atoms with Crippen LogP contribution in [0.4, 0.5) is 0 Å². The molecule has 0 spiro atoms. The third-order valence-corrected chi connectivity index (χ3v) is 5.68. The Morgan fingerprint density at radius 2 is 1.49 bits per heavy atom. The lowest BCUT2D eigenvalue weighted by molar-refractivity contribution is -0.159. The third-order valence-electron chi connectivity index (χ3n) is 5.68. The standard InChI is InChI=1S/C25H32N2O8/c1-6-25(2,3)23(31)34-15-14-33-19(28)12-13-20(29)35-22-18(16-17-10-8-7-9-11-17)21(30)26(4)24(32)27(22)5/h7-11H,6,12-16H2,1-5H3. The Balaban J connectivity index is 1.98. The van der Waals surface area contributed by atoms with Crippen LogP contribution in [0.15, 0.2) is 39.9 Å². The summed E-state index contributed by atoms with van der Waals surface area (Å²) in [5, 5.41) is 0. The van der Waals surface area contributed by atoms with Gasteiger partial charge in [-0.2, -0.15) is 0 Å². The molecule has 10 nitrogen and oxygen atoms in total. The van der Waals surface area contributed by atoms with Crippen LogP contribution in [0, 0.1) is 5.41 Å². The molecule has 0 saturated heterocycles. The molecular weight excluding hydrogens is 456 g/mol. The highest BCUT2D eigenvalue weighted by atomic mass is 16.6. The molecule has 0 aliphatic carbocycles. The van der Waals surface area contributed by atoms with Crippen molar-refractivity contribution < 1.29 is 28.6 Å². The largest absolute Gasteiger partial charge is 0.462 e. The molecule has 10 heteroatoms. The zero-order valence-corrected chi connectivity index (χ0v) is 20.8. The lowest BCUT2D eigenvalue weighted by atomic mass is 9.91. The van der Waals surface area contributed by atoms with Crippen molar-refractivity contribution in [2.45, 2.75) is 46.5 Å². The van der Waals surface area contributed by atoms with E-state index in [0.29, 0.717) is 6.42 Å². The number of carbonyl (C=O) groups excluding carboxylic acids is 3. The second-order valence-electron chi connectivity index (χ2n) is 8.72. The highest BCUT2D eigenvalue weighted by molar-refractivity contribution is 5.79. The van der Waals surface area contributed by atoms with Gasteiger partial charge >= 0.3 is 23.6 Å². The summed E-state index contributed by atoms with van der Waals surface area (Å²) in [4.78, 5) is 61.4. The van der Waals surface area contributed by atoms with Crippen LogP contribution in [0.3, 0.4) is 0 Å². The van der Waals surface area contributed by atoms with E-state index in [1.165, 1.54) is 14.1 Å². The van der Waals surface area contributed by atoms with Crippen LogP contribution in [-0.2, 0) is 44.4 Å². The maximum atomic E-state index is 12.7. The molecule has 0 amide bonds. The lowest BCUT2D eigenvalue weighted by Gasteiger charge is -2.20. The fourth-order valence-electron chi connectivity index (χ4n) is 3.04. The van der Waals surface area contributed by atoms with E-state index in [0.717, 1.165) is 14.7 Å². The normalized spacial score (nSPS) is 11.1. The Hall–Kier alpha value is -3.69. The Kier molecular flexibility index (Phi) is 9.56. The van der Waals surface area contributed by atoms with Crippen LogP contribution >= 0.6 is 0 Å². The molecule has 1 aromatic heterocycles. The SMILES string of the molecule is CCC(C)(C)C(=O)OCCOC(=O)CCC(=O)Oc1c(Cc2ccccc2)c(=O)n(C)c(=O)n1C. The molecule has 0 unspecified atom stereocenters. The van der Waals surface area contributed by atoms with E-state index >= 15 is 0 Å². The zero-order valence-electron chi connectivity index (χ0n) is 20.8. The van der Waals surface area contributed by atoms with Crippen molar-refractivity contribution in [3.05, 3.63) is 62.3 Å². The van der Waals surface area contributed by atoms with Gasteiger partial charge in [-0.1, -0.05) is 37.3 Å². The van der Waals surface area contributed by atoms with E-state index in [2.05, 4.69) is 0 Å². The van der Waals surface area contributed by atoms with Gasteiger partial charge in [-0.05, 0) is 25.8 Å². The van der Waals surface area contributed by atoms with Crippen molar-refractivity contribution in [1.29, 1.82) is 0 Å². The Morgan fingerprint density at radius 3 is 2.11 bits per heavy atom. The van der Waals surface area contributed by atoms with E-state index in [1.807, 2.05) is 37.3 Å². The number of ether oxygens (including phenoxy) is 3. The topological polar surface area (TPSA) is 123 Å². The molecule has 35 heavy (non-hydrogen) atoms. The Bertz CT molecular complexity index is 1180. The fourth-order valence-corrected chi connectivity index (χ4v) is 3.04. The van der Waals surface area contributed by atoms with Gasteiger partial charge in [0.05, 0.1) is 23.8 Å². The first-order valence-electron chi connectivity index (χ1n) is 11.3. The highest BCUT2D eigenvalue weighted by Gasteiger charge is 2.27. The summed E-state index contributed by atoms with van der Waals surface area (Å²) in [5.41, 5.74) is -0.887. The molecule has 2 aromatic rings. The summed E-state index contributed by atoms with van der Waals surface area (Å²) in [6.45, 7) is 5.17. The summed E-state index contributed by atoms with van der Waals surface area (Å²) in [6.07, 6.45) is 0.162. The molecule has 0 radical (unpaired) electrons. The van der Waals surface area contributed by atoms with Crippen LogP contribution in [0.1, 0.15) is 51.2 Å². The van der Waals surface area contributed by atoms with Crippen LogP contribution < -0.4 is 16.0 Å². The molecular formula is C25H32N2O8. The van der Waals surface area contributed by atoms with Gasteiger partial charge < -0.3 is 14.2 Å². The minimum Gasteiger partial charge on any atom is -0.462 e. The second kappa shape index (κ2) is 12.1. The van der Waals surface area contributed by atoms with E-state index in [-0.39, 0.29) is 49.9 Å². The number of nitrogens with zero attached hydrogens (tertiary/aromatic N) is 2. The number of esters is 3. The average molecular weight is 489 g/mol. The number of hydrogen-bond acceptors (Lipinski definition) is 8. The summed E-state index contributed by atoms with van der Waals surface area (Å²) in [5.74, 6) is -2.01. The van der Waals surface area contributed by atoms with E-state index in [4.69, 9.17) is 14.2 Å². The summed E-state index contributed by atoms with van der Waals surface area (Å²) < 4.78 is 17.5. The first kappa shape index (κ1) is 27.6. The maximum Gasteiger partial charge on any atom is 0.333 e. The van der Waals surface area contributed by atoms with Crippen LogP contribution in [-0.4, -0.2) is 40.3 Å². The highest BCUT2D eigenvalue weighted by Crippen LogP contribution is 2.21. The van der Waals surface area contributed by atoms with Gasteiger partial charge in [-0.25, -0.2) is 4.79 Å². The second-order valence-corrected chi connectivity index (χ2v) is 8.72. The van der Waals surface area contributed by atoms with Gasteiger partial charge in [-0.15, -0.1) is 0 Å². The first-order valence-corrected chi connectivity index (χ1v) is 11.3. The van der Waals surface area contributed by atoms with E-state index < -0.39 is 28.6 Å². The third kappa shape index (κ3) is 7.40. The van der Waals surface area contributed by atoms with Gasteiger partial charge in [0.2, 0.25) is 5.88 Å². The fraction of sp³-hybridized carbons (Fsp3) is 0.480. The maximum absolute atomic E-state index is 12.7. The summed E-state index contributed by atoms with van der Waals surface area (Å²) >= 11 is 0. The van der Waals surface area contributed by atoms with Gasteiger partial charge in [0.1, 0.15) is 13.2 Å². The van der Waals surface area contributed by atoms with Gasteiger partial charge in [0.25, 0.3) is 5.56 Å². The van der Waals surface area contributed by atoms with Crippen molar-refractivity contribution in [3.63, 3.8) is 0 Å². The van der Waals surface area contributed by atoms with Gasteiger partial charge in [0, 0.05) is 20.5 Å². The average Bonchev–Trinajstić information content (AvgIpc) is 2.85. The number of aromatic nitrogens is 2. The molecule has 0 aliphatic heterocycles. The molecule has 1 aromatic carbocycles. The zero-order chi connectivity index (χ0) is 26.2. The Labute approximate surface area is 203 Å². The van der Waals surface area contributed by atoms with E-state index in [9.17, 15) is 24.0 Å². The molecule has 0 saturated carbocycles.